The van der Waals surface area contributed by atoms with Crippen LogP contribution in [0.25, 0.3) is 0 Å². The van der Waals surface area contributed by atoms with Crippen molar-refractivity contribution >= 4 is 0 Å². The van der Waals surface area contributed by atoms with Crippen LogP contribution in [0.1, 0.15) is 11.3 Å². The van der Waals surface area contributed by atoms with Gasteiger partial charge in [0, 0.05) is 23.9 Å². The van der Waals surface area contributed by atoms with E-state index in [-0.39, 0.29) is 11.6 Å². The smallest absolute Gasteiger partial charge is 0.123 e. The van der Waals surface area contributed by atoms with Crippen molar-refractivity contribution in [3.05, 3.63) is 59.7 Å². The van der Waals surface area contributed by atoms with Gasteiger partial charge in [0.05, 0.1) is 0 Å². The average molecular weight is 203 g/mol. The third-order valence-corrected chi connectivity index (χ3v) is 2.14. The molecule has 0 saturated carbocycles. The Balaban J connectivity index is 2.28. The van der Waals surface area contributed by atoms with Gasteiger partial charge in [0.15, 0.2) is 0 Å². The number of benzene rings is 1. The fraction of sp³-hybridized carbons (Fsp3) is 0.0833. The van der Waals surface area contributed by atoms with Gasteiger partial charge in [-0.05, 0) is 30.3 Å². The lowest BCUT2D eigenvalue weighted by Crippen LogP contribution is -1.92. The number of pyridine rings is 1. The number of hydrogen-bond donors (Lipinski definition) is 1. The molecule has 0 bridgehead atoms. The van der Waals surface area contributed by atoms with Crippen LogP contribution in [0.15, 0.2) is 42.6 Å². The second-order valence-corrected chi connectivity index (χ2v) is 3.27. The molecule has 0 fully saturated rings. The predicted octanol–water partition coefficient (Wildman–Crippen LogP) is 2.52. The first-order valence-electron chi connectivity index (χ1n) is 4.63. The van der Waals surface area contributed by atoms with E-state index in [0.717, 1.165) is 5.69 Å². The molecule has 0 aliphatic carbocycles. The number of halogens is 1. The van der Waals surface area contributed by atoms with Crippen LogP contribution in [0.4, 0.5) is 4.39 Å². The molecule has 2 rings (SSSR count). The lowest BCUT2D eigenvalue weighted by molar-refractivity contribution is 0.466. The first-order chi connectivity index (χ1) is 7.25. The molecule has 0 unspecified atom stereocenters. The van der Waals surface area contributed by atoms with Crippen LogP contribution < -0.4 is 0 Å². The highest BCUT2D eigenvalue weighted by Crippen LogP contribution is 2.20. The van der Waals surface area contributed by atoms with E-state index in [4.69, 9.17) is 0 Å². The van der Waals surface area contributed by atoms with Gasteiger partial charge in [0.2, 0.25) is 0 Å². The van der Waals surface area contributed by atoms with Crippen LogP contribution in [0, 0.1) is 5.82 Å². The van der Waals surface area contributed by atoms with Crippen molar-refractivity contribution in [2.75, 3.05) is 0 Å². The van der Waals surface area contributed by atoms with Gasteiger partial charge in [-0.15, -0.1) is 0 Å². The van der Waals surface area contributed by atoms with Gasteiger partial charge < -0.3 is 5.11 Å². The number of rotatable bonds is 2. The zero-order chi connectivity index (χ0) is 10.7. The number of phenols is 1. The zero-order valence-electron chi connectivity index (χ0n) is 8.02. The predicted molar refractivity (Wildman–Crippen MR) is 55.1 cm³/mol. The van der Waals surface area contributed by atoms with Gasteiger partial charge in [-0.2, -0.15) is 0 Å². The topological polar surface area (TPSA) is 33.1 Å². The fourth-order valence-corrected chi connectivity index (χ4v) is 1.39. The molecular weight excluding hydrogens is 193 g/mol. The van der Waals surface area contributed by atoms with E-state index in [1.165, 1.54) is 18.2 Å². The number of aromatic nitrogens is 1. The standard InChI is InChI=1S/C12H10FNO/c13-10-4-5-12(15)9(7-10)8-11-3-1-2-6-14-11/h1-7,15H,8H2. The minimum atomic E-state index is -0.348. The molecule has 0 amide bonds. The molecule has 1 aromatic carbocycles. The summed E-state index contributed by atoms with van der Waals surface area (Å²) >= 11 is 0. The van der Waals surface area contributed by atoms with Crippen LogP contribution in [0.3, 0.4) is 0 Å². The Kier molecular flexibility index (Phi) is 2.63. The van der Waals surface area contributed by atoms with Crippen molar-refractivity contribution in [1.29, 1.82) is 0 Å². The van der Waals surface area contributed by atoms with Crippen molar-refractivity contribution in [3.8, 4) is 5.75 Å². The number of phenolic OH excluding ortho intramolecular Hbond substituents is 1. The molecule has 1 N–H and O–H groups in total. The molecule has 1 aromatic heterocycles. The van der Waals surface area contributed by atoms with Gasteiger partial charge in [-0.3, -0.25) is 4.98 Å². The van der Waals surface area contributed by atoms with Gasteiger partial charge in [-0.1, -0.05) is 6.07 Å². The molecule has 15 heavy (non-hydrogen) atoms. The third kappa shape index (κ3) is 2.31. The van der Waals surface area contributed by atoms with Crippen molar-refractivity contribution in [1.82, 2.24) is 4.98 Å². The number of nitrogens with zero attached hydrogens (tertiary/aromatic N) is 1. The van der Waals surface area contributed by atoms with Crippen LogP contribution in [-0.2, 0) is 6.42 Å². The second kappa shape index (κ2) is 4.09. The minimum Gasteiger partial charge on any atom is -0.508 e. The van der Waals surface area contributed by atoms with Crippen LogP contribution in [0.2, 0.25) is 0 Å². The Morgan fingerprint density at radius 2 is 2.07 bits per heavy atom. The summed E-state index contributed by atoms with van der Waals surface area (Å²) in [7, 11) is 0. The Hall–Kier alpha value is -1.90. The average Bonchev–Trinajstić information content (AvgIpc) is 2.25. The molecule has 1 heterocycles. The third-order valence-electron chi connectivity index (χ3n) is 2.14. The lowest BCUT2D eigenvalue weighted by atomic mass is 10.1. The van der Waals surface area contributed by atoms with Crippen molar-refractivity contribution in [2.24, 2.45) is 0 Å². The van der Waals surface area contributed by atoms with E-state index in [9.17, 15) is 9.50 Å². The van der Waals surface area contributed by atoms with Crippen molar-refractivity contribution < 1.29 is 9.50 Å². The van der Waals surface area contributed by atoms with Crippen molar-refractivity contribution in [2.45, 2.75) is 6.42 Å². The molecule has 3 heteroatoms. The Morgan fingerprint density at radius 1 is 1.20 bits per heavy atom. The lowest BCUT2D eigenvalue weighted by Gasteiger charge is -2.03. The normalized spacial score (nSPS) is 10.2. The summed E-state index contributed by atoms with van der Waals surface area (Å²) in [4.78, 5) is 4.11. The maximum atomic E-state index is 12.9. The van der Waals surface area contributed by atoms with E-state index in [1.807, 2.05) is 18.2 Å². The molecule has 0 aliphatic rings. The SMILES string of the molecule is Oc1ccc(F)cc1Cc1ccccn1. The maximum absolute atomic E-state index is 12.9. The van der Waals surface area contributed by atoms with E-state index in [1.54, 1.807) is 6.20 Å². The molecule has 2 nitrogen and oxygen atoms in total. The highest BCUT2D eigenvalue weighted by atomic mass is 19.1. The Bertz CT molecular complexity index is 456. The van der Waals surface area contributed by atoms with Gasteiger partial charge >= 0.3 is 0 Å². The Morgan fingerprint density at radius 3 is 2.80 bits per heavy atom. The maximum Gasteiger partial charge on any atom is 0.123 e. The zero-order valence-corrected chi connectivity index (χ0v) is 8.02. The van der Waals surface area contributed by atoms with Crippen LogP contribution in [0.5, 0.6) is 5.75 Å². The van der Waals surface area contributed by atoms with Gasteiger partial charge in [-0.25, -0.2) is 4.39 Å². The van der Waals surface area contributed by atoms with E-state index < -0.39 is 0 Å². The summed E-state index contributed by atoms with van der Waals surface area (Å²) in [6, 6.07) is 9.42. The number of aromatic hydroxyl groups is 1. The summed E-state index contributed by atoms with van der Waals surface area (Å²) in [5.74, 6) is -0.249. The molecular formula is C12H10FNO. The minimum absolute atomic E-state index is 0.0991. The molecule has 0 saturated heterocycles. The van der Waals surface area contributed by atoms with E-state index in [2.05, 4.69) is 4.98 Å². The summed E-state index contributed by atoms with van der Waals surface area (Å²) in [5.41, 5.74) is 1.35. The monoisotopic (exact) mass is 203 g/mol. The molecule has 0 atom stereocenters. The largest absolute Gasteiger partial charge is 0.508 e. The molecule has 0 radical (unpaired) electrons. The summed E-state index contributed by atoms with van der Waals surface area (Å²) in [6.45, 7) is 0. The molecule has 0 aliphatic heterocycles. The van der Waals surface area contributed by atoms with E-state index in [0.29, 0.717) is 12.0 Å². The molecule has 76 valence electrons. The second-order valence-electron chi connectivity index (χ2n) is 3.27. The van der Waals surface area contributed by atoms with Gasteiger partial charge in [0.1, 0.15) is 11.6 Å². The quantitative estimate of drug-likeness (QED) is 0.813. The fourth-order valence-electron chi connectivity index (χ4n) is 1.39. The van der Waals surface area contributed by atoms with Gasteiger partial charge in [0.25, 0.3) is 0 Å². The van der Waals surface area contributed by atoms with Crippen molar-refractivity contribution in [3.63, 3.8) is 0 Å². The molecule has 2 aromatic rings. The molecule has 0 spiro atoms. The summed E-state index contributed by atoms with van der Waals surface area (Å²) < 4.78 is 12.9. The van der Waals surface area contributed by atoms with Crippen LogP contribution >= 0.6 is 0 Å². The summed E-state index contributed by atoms with van der Waals surface area (Å²) in [5, 5.41) is 9.50. The highest BCUT2D eigenvalue weighted by molar-refractivity contribution is 5.35. The van der Waals surface area contributed by atoms with Crippen LogP contribution in [-0.4, -0.2) is 10.1 Å². The summed E-state index contributed by atoms with van der Waals surface area (Å²) in [6.07, 6.45) is 2.11. The first-order valence-corrected chi connectivity index (χ1v) is 4.63. The number of hydrogen-bond acceptors (Lipinski definition) is 2. The first kappa shape index (κ1) is 9.65. The Labute approximate surface area is 87.0 Å². The highest BCUT2D eigenvalue weighted by Gasteiger charge is 2.04. The van der Waals surface area contributed by atoms with E-state index >= 15 is 0 Å².